The van der Waals surface area contributed by atoms with Crippen LogP contribution in [0, 0.1) is 4.77 Å². The van der Waals surface area contributed by atoms with Crippen LogP contribution < -0.4 is 5.56 Å². The summed E-state index contributed by atoms with van der Waals surface area (Å²) in [5.74, 6) is 0. The van der Waals surface area contributed by atoms with Gasteiger partial charge in [-0.05, 0) is 36.3 Å². The van der Waals surface area contributed by atoms with Crippen molar-refractivity contribution in [1.29, 1.82) is 0 Å². The van der Waals surface area contributed by atoms with Crippen molar-refractivity contribution in [3.05, 3.63) is 61.2 Å². The van der Waals surface area contributed by atoms with Crippen LogP contribution in [0.5, 0.6) is 0 Å². The van der Waals surface area contributed by atoms with E-state index in [0.29, 0.717) is 11.3 Å². The molecule has 0 saturated carbocycles. The zero-order valence-corrected chi connectivity index (χ0v) is 12.4. The average molecular weight is 308 g/mol. The molecule has 0 atom stereocenters. The highest BCUT2D eigenvalue weighted by Gasteiger charge is 2.19. The number of halogens is 1. The Morgan fingerprint density at radius 2 is 2.20 bits per heavy atom. The molecular formula is C14H14ClN3OS. The van der Waals surface area contributed by atoms with Gasteiger partial charge in [0.1, 0.15) is 0 Å². The fraction of sp³-hybridized carbons (Fsp3) is 0.286. The molecule has 1 aliphatic heterocycles. The first-order chi connectivity index (χ1) is 9.61. The molecule has 4 nitrogen and oxygen atoms in total. The second-order valence-electron chi connectivity index (χ2n) is 4.96. The second-order valence-corrected chi connectivity index (χ2v) is 5.80. The van der Waals surface area contributed by atoms with Crippen LogP contribution >= 0.6 is 23.8 Å². The van der Waals surface area contributed by atoms with Crippen LogP contribution in [0.25, 0.3) is 0 Å². The maximum Gasteiger partial charge on any atom is 0.255 e. The van der Waals surface area contributed by atoms with Crippen LogP contribution in [-0.2, 0) is 19.5 Å². The van der Waals surface area contributed by atoms with E-state index in [0.717, 1.165) is 35.8 Å². The van der Waals surface area contributed by atoms with Crippen molar-refractivity contribution in [1.82, 2.24) is 14.9 Å². The summed E-state index contributed by atoms with van der Waals surface area (Å²) in [5, 5.41) is 0.746. The topological polar surface area (TPSA) is 51.9 Å². The molecule has 0 amide bonds. The molecule has 0 aliphatic carbocycles. The van der Waals surface area contributed by atoms with E-state index in [-0.39, 0.29) is 5.56 Å². The Labute approximate surface area is 126 Å². The van der Waals surface area contributed by atoms with E-state index in [1.807, 2.05) is 18.2 Å². The molecule has 104 valence electrons. The summed E-state index contributed by atoms with van der Waals surface area (Å²) >= 11 is 11.0. The predicted molar refractivity (Wildman–Crippen MR) is 81.5 cm³/mol. The van der Waals surface area contributed by atoms with Crippen molar-refractivity contribution < 1.29 is 0 Å². The Balaban J connectivity index is 1.82. The number of nitrogens with one attached hydrogen (secondary N) is 2. The molecule has 2 N–H and O–H groups in total. The summed E-state index contributed by atoms with van der Waals surface area (Å²) in [5.41, 5.74) is 2.85. The van der Waals surface area contributed by atoms with Gasteiger partial charge in [0.15, 0.2) is 4.77 Å². The highest BCUT2D eigenvalue weighted by atomic mass is 35.5. The lowest BCUT2D eigenvalue weighted by molar-refractivity contribution is 0.240. The molecule has 0 saturated heterocycles. The van der Waals surface area contributed by atoms with E-state index in [4.69, 9.17) is 23.8 Å². The quantitative estimate of drug-likeness (QED) is 0.839. The molecular weight excluding hydrogens is 294 g/mol. The minimum absolute atomic E-state index is 0.0637. The van der Waals surface area contributed by atoms with Gasteiger partial charge in [0.2, 0.25) is 0 Å². The maximum atomic E-state index is 11.8. The number of fused-ring (bicyclic) bond motifs is 1. The first-order valence-corrected chi connectivity index (χ1v) is 7.21. The molecule has 0 bridgehead atoms. The Hall–Kier alpha value is -1.43. The zero-order chi connectivity index (χ0) is 14.1. The third-order valence-corrected chi connectivity index (χ3v) is 3.92. The van der Waals surface area contributed by atoms with Gasteiger partial charge in [-0.3, -0.25) is 14.7 Å². The number of hydrogen-bond acceptors (Lipinski definition) is 3. The smallest absolute Gasteiger partial charge is 0.255 e. The van der Waals surface area contributed by atoms with Gasteiger partial charge in [-0.25, -0.2) is 0 Å². The first kappa shape index (κ1) is 13.5. The number of aromatic amines is 2. The molecule has 20 heavy (non-hydrogen) atoms. The van der Waals surface area contributed by atoms with Crippen molar-refractivity contribution in [3.63, 3.8) is 0 Å². The number of nitrogens with zero attached hydrogens (tertiary/aromatic N) is 1. The fourth-order valence-electron chi connectivity index (χ4n) is 2.56. The first-order valence-electron chi connectivity index (χ1n) is 6.43. The molecule has 6 heteroatoms. The molecule has 2 aromatic rings. The van der Waals surface area contributed by atoms with Crippen LogP contribution in [0.15, 0.2) is 29.1 Å². The number of benzene rings is 1. The predicted octanol–water partition coefficient (Wildman–Crippen LogP) is 2.64. The third-order valence-electron chi connectivity index (χ3n) is 3.48. The van der Waals surface area contributed by atoms with Gasteiger partial charge in [0.05, 0.1) is 0 Å². The monoisotopic (exact) mass is 307 g/mol. The fourth-order valence-corrected chi connectivity index (χ4v) is 2.99. The Morgan fingerprint density at radius 3 is 3.00 bits per heavy atom. The minimum atomic E-state index is -0.0637. The standard InChI is InChI=1S/C14H14ClN3OS/c15-10-3-1-2-9(6-10)7-18-5-4-11-12(8-18)16-14(20)17-13(11)19/h1-3,6H,4-5,7-8H2,(H2,16,17,19,20). The Bertz CT molecular complexity index is 753. The maximum absolute atomic E-state index is 11.8. The molecule has 0 unspecified atom stereocenters. The highest BCUT2D eigenvalue weighted by Crippen LogP contribution is 2.18. The summed E-state index contributed by atoms with van der Waals surface area (Å²) in [6.45, 7) is 2.37. The van der Waals surface area contributed by atoms with E-state index >= 15 is 0 Å². The van der Waals surface area contributed by atoms with Gasteiger partial charge in [-0.1, -0.05) is 23.7 Å². The van der Waals surface area contributed by atoms with E-state index in [1.165, 1.54) is 5.56 Å². The molecule has 0 spiro atoms. The summed E-state index contributed by atoms with van der Waals surface area (Å²) in [4.78, 5) is 19.8. The summed E-state index contributed by atoms with van der Waals surface area (Å²) in [6.07, 6.45) is 0.733. The van der Waals surface area contributed by atoms with Gasteiger partial charge in [0, 0.05) is 35.9 Å². The molecule has 1 aromatic carbocycles. The average Bonchev–Trinajstić information content (AvgIpc) is 2.38. The van der Waals surface area contributed by atoms with E-state index in [2.05, 4.69) is 20.9 Å². The summed E-state index contributed by atoms with van der Waals surface area (Å²) < 4.78 is 0.387. The lowest BCUT2D eigenvalue weighted by atomic mass is 10.1. The van der Waals surface area contributed by atoms with Crippen LogP contribution in [0.3, 0.4) is 0 Å². The molecule has 3 rings (SSSR count). The van der Waals surface area contributed by atoms with E-state index in [9.17, 15) is 4.79 Å². The lowest BCUT2D eigenvalue weighted by Crippen LogP contribution is -2.34. The summed E-state index contributed by atoms with van der Waals surface area (Å²) in [6, 6.07) is 7.85. The highest BCUT2D eigenvalue weighted by molar-refractivity contribution is 7.71. The van der Waals surface area contributed by atoms with Gasteiger partial charge in [0.25, 0.3) is 5.56 Å². The van der Waals surface area contributed by atoms with E-state index < -0.39 is 0 Å². The van der Waals surface area contributed by atoms with Gasteiger partial charge < -0.3 is 4.98 Å². The number of H-pyrrole nitrogens is 2. The minimum Gasteiger partial charge on any atom is -0.334 e. The van der Waals surface area contributed by atoms with Crippen LogP contribution in [-0.4, -0.2) is 21.4 Å². The molecule has 1 aromatic heterocycles. The SMILES string of the molecule is O=c1[nH]c(=S)[nH]c2c1CCN(Cc1cccc(Cl)c1)C2. The zero-order valence-electron chi connectivity index (χ0n) is 10.8. The molecule has 0 radical (unpaired) electrons. The third kappa shape index (κ3) is 2.85. The summed E-state index contributed by atoms with van der Waals surface area (Å²) in [7, 11) is 0. The van der Waals surface area contributed by atoms with Gasteiger partial charge in [-0.15, -0.1) is 0 Å². The van der Waals surface area contributed by atoms with Crippen LogP contribution in [0.4, 0.5) is 0 Å². The number of hydrogen-bond donors (Lipinski definition) is 2. The normalized spacial score (nSPS) is 15.1. The van der Waals surface area contributed by atoms with Crippen molar-refractivity contribution in [2.75, 3.05) is 6.54 Å². The second kappa shape index (κ2) is 5.52. The number of rotatable bonds is 2. The van der Waals surface area contributed by atoms with Crippen LogP contribution in [0.1, 0.15) is 16.8 Å². The largest absolute Gasteiger partial charge is 0.334 e. The lowest BCUT2D eigenvalue weighted by Gasteiger charge is -2.27. The van der Waals surface area contributed by atoms with Crippen molar-refractivity contribution >= 4 is 23.8 Å². The van der Waals surface area contributed by atoms with Crippen molar-refractivity contribution in [3.8, 4) is 0 Å². The van der Waals surface area contributed by atoms with E-state index in [1.54, 1.807) is 0 Å². The van der Waals surface area contributed by atoms with Crippen molar-refractivity contribution in [2.24, 2.45) is 0 Å². The Kier molecular flexibility index (Phi) is 3.74. The molecule has 1 aliphatic rings. The Morgan fingerprint density at radius 1 is 1.35 bits per heavy atom. The number of aromatic nitrogens is 2. The molecule has 2 heterocycles. The molecule has 0 fully saturated rings. The van der Waals surface area contributed by atoms with Gasteiger partial charge >= 0.3 is 0 Å². The van der Waals surface area contributed by atoms with Crippen LogP contribution in [0.2, 0.25) is 5.02 Å². The van der Waals surface area contributed by atoms with Crippen molar-refractivity contribution in [2.45, 2.75) is 19.5 Å². The van der Waals surface area contributed by atoms with Gasteiger partial charge in [-0.2, -0.15) is 0 Å².